The van der Waals surface area contributed by atoms with Gasteiger partial charge in [0.1, 0.15) is 0 Å². The second-order valence-corrected chi connectivity index (χ2v) is 6.87. The molecule has 2 unspecified atom stereocenters. The van der Waals surface area contributed by atoms with Gasteiger partial charge in [0.2, 0.25) is 0 Å². The van der Waals surface area contributed by atoms with Crippen molar-refractivity contribution < 1.29 is 19.8 Å². The van der Waals surface area contributed by atoms with Crippen LogP contribution in [0.3, 0.4) is 0 Å². The fourth-order valence-corrected chi connectivity index (χ4v) is 3.63. The Morgan fingerprint density at radius 2 is 1.96 bits per heavy atom. The molecule has 2 amide bonds. The van der Waals surface area contributed by atoms with Crippen LogP contribution in [-0.2, 0) is 4.79 Å². The maximum atomic E-state index is 12.2. The van der Waals surface area contributed by atoms with Crippen molar-refractivity contribution in [3.05, 3.63) is 0 Å². The first kappa shape index (κ1) is 18.0. The maximum Gasteiger partial charge on any atom is 0.317 e. The summed E-state index contributed by atoms with van der Waals surface area (Å²) in [5, 5.41) is 21.7. The lowest BCUT2D eigenvalue weighted by Crippen LogP contribution is -2.56. The van der Waals surface area contributed by atoms with Gasteiger partial charge in [-0.3, -0.25) is 9.69 Å². The van der Waals surface area contributed by atoms with Crippen LogP contribution in [0.15, 0.2) is 0 Å². The fraction of sp³-hybridized carbons (Fsp3) is 0.875. The van der Waals surface area contributed by atoms with Gasteiger partial charge in [-0.2, -0.15) is 0 Å². The molecular weight excluding hydrogens is 298 g/mol. The van der Waals surface area contributed by atoms with Gasteiger partial charge in [-0.25, -0.2) is 4.79 Å². The molecule has 2 rings (SSSR count). The first-order chi connectivity index (χ1) is 10.9. The van der Waals surface area contributed by atoms with E-state index in [4.69, 9.17) is 5.11 Å². The Balaban J connectivity index is 1.69. The van der Waals surface area contributed by atoms with Crippen molar-refractivity contribution in [1.29, 1.82) is 0 Å². The molecule has 2 aliphatic rings. The van der Waals surface area contributed by atoms with Crippen LogP contribution < -0.4 is 5.32 Å². The summed E-state index contributed by atoms with van der Waals surface area (Å²) in [4.78, 5) is 26.6. The van der Waals surface area contributed by atoms with Crippen molar-refractivity contribution >= 4 is 12.0 Å². The number of aliphatic hydroxyl groups is 1. The van der Waals surface area contributed by atoms with Crippen LogP contribution in [0.5, 0.6) is 0 Å². The van der Waals surface area contributed by atoms with Gasteiger partial charge in [0.25, 0.3) is 0 Å². The number of amides is 2. The van der Waals surface area contributed by atoms with Crippen LogP contribution in [0.1, 0.15) is 39.0 Å². The van der Waals surface area contributed by atoms with E-state index in [1.165, 1.54) is 0 Å². The molecule has 132 valence electrons. The number of nitrogens with one attached hydrogen (secondary N) is 1. The van der Waals surface area contributed by atoms with E-state index in [1.807, 2.05) is 11.8 Å². The Bertz CT molecular complexity index is 426. The lowest BCUT2D eigenvalue weighted by molar-refractivity contribution is -0.139. The number of hydrogen-bond donors (Lipinski definition) is 3. The highest BCUT2D eigenvalue weighted by Crippen LogP contribution is 2.27. The Kier molecular flexibility index (Phi) is 6.24. The Morgan fingerprint density at radius 3 is 2.48 bits per heavy atom. The zero-order valence-electron chi connectivity index (χ0n) is 14.1. The first-order valence-electron chi connectivity index (χ1n) is 8.56. The predicted molar refractivity (Wildman–Crippen MR) is 86.2 cm³/mol. The molecule has 0 radical (unpaired) electrons. The maximum absolute atomic E-state index is 12.2. The molecule has 0 bridgehead atoms. The molecule has 2 aliphatic carbocycles. The number of aliphatic hydroxyl groups excluding tert-OH is 1. The highest BCUT2D eigenvalue weighted by Gasteiger charge is 2.35. The second kappa shape index (κ2) is 7.97. The molecule has 0 heterocycles. The normalized spacial score (nSPS) is 30.1. The average Bonchev–Trinajstić information content (AvgIpc) is 2.85. The molecule has 0 aromatic carbocycles. The molecule has 2 saturated carbocycles. The number of rotatable bonds is 7. The third kappa shape index (κ3) is 4.81. The zero-order chi connectivity index (χ0) is 17.0. The first-order valence-corrected chi connectivity index (χ1v) is 8.56. The quantitative estimate of drug-likeness (QED) is 0.641. The van der Waals surface area contributed by atoms with Crippen LogP contribution in [0.25, 0.3) is 0 Å². The van der Waals surface area contributed by atoms with Crippen molar-refractivity contribution in [3.63, 3.8) is 0 Å². The summed E-state index contributed by atoms with van der Waals surface area (Å²) in [6.07, 6.45) is 4.15. The fourth-order valence-electron chi connectivity index (χ4n) is 3.63. The number of carboxylic acid groups (broad SMARTS) is 1. The summed E-state index contributed by atoms with van der Waals surface area (Å²) >= 11 is 0. The highest BCUT2D eigenvalue weighted by molar-refractivity contribution is 5.74. The van der Waals surface area contributed by atoms with Gasteiger partial charge < -0.3 is 20.4 Å². The molecule has 2 fully saturated rings. The van der Waals surface area contributed by atoms with E-state index in [2.05, 4.69) is 5.32 Å². The van der Waals surface area contributed by atoms with E-state index in [0.29, 0.717) is 13.1 Å². The number of likely N-dealkylation sites (N-methyl/N-ethyl adjacent to an activating group) is 1. The van der Waals surface area contributed by atoms with Gasteiger partial charge in [-0.05, 0) is 32.2 Å². The van der Waals surface area contributed by atoms with Crippen molar-refractivity contribution in [2.45, 2.75) is 57.2 Å². The van der Waals surface area contributed by atoms with Crippen molar-refractivity contribution in [3.8, 4) is 0 Å². The number of aliphatic carboxylic acids is 1. The molecule has 0 aromatic heterocycles. The smallest absolute Gasteiger partial charge is 0.317 e. The molecule has 7 heteroatoms. The largest absolute Gasteiger partial charge is 0.480 e. The van der Waals surface area contributed by atoms with Crippen molar-refractivity contribution in [2.75, 3.05) is 26.7 Å². The second-order valence-electron chi connectivity index (χ2n) is 6.87. The van der Waals surface area contributed by atoms with Crippen molar-refractivity contribution in [2.24, 2.45) is 5.92 Å². The zero-order valence-corrected chi connectivity index (χ0v) is 14.1. The Morgan fingerprint density at radius 1 is 1.26 bits per heavy atom. The van der Waals surface area contributed by atoms with Gasteiger partial charge in [-0.15, -0.1) is 0 Å². The van der Waals surface area contributed by atoms with E-state index in [-0.39, 0.29) is 36.7 Å². The third-order valence-corrected chi connectivity index (χ3v) is 5.18. The minimum Gasteiger partial charge on any atom is -0.480 e. The summed E-state index contributed by atoms with van der Waals surface area (Å²) < 4.78 is 0. The lowest BCUT2D eigenvalue weighted by atomic mass is 9.85. The minimum absolute atomic E-state index is 0.0568. The molecular formula is C16H29N3O4. The average molecular weight is 327 g/mol. The molecule has 0 saturated heterocycles. The Labute approximate surface area is 137 Å². The lowest BCUT2D eigenvalue weighted by Gasteiger charge is -2.42. The Hall–Kier alpha value is -1.34. The van der Waals surface area contributed by atoms with E-state index in [9.17, 15) is 14.7 Å². The molecule has 3 N–H and O–H groups in total. The highest BCUT2D eigenvalue weighted by atomic mass is 16.4. The number of carboxylic acids is 1. The predicted octanol–water partition coefficient (Wildman–Crippen LogP) is 0.726. The van der Waals surface area contributed by atoms with Crippen LogP contribution in [-0.4, -0.2) is 76.9 Å². The molecule has 0 aromatic rings. The van der Waals surface area contributed by atoms with Crippen molar-refractivity contribution in [1.82, 2.24) is 15.1 Å². The van der Waals surface area contributed by atoms with E-state index in [0.717, 1.165) is 32.1 Å². The number of carbonyl (C=O) groups is 2. The van der Waals surface area contributed by atoms with Gasteiger partial charge in [0, 0.05) is 31.6 Å². The van der Waals surface area contributed by atoms with Crippen LogP contribution >= 0.6 is 0 Å². The van der Waals surface area contributed by atoms with Crippen LogP contribution in [0, 0.1) is 5.92 Å². The number of urea groups is 1. The summed E-state index contributed by atoms with van der Waals surface area (Å²) in [5.41, 5.74) is 0. The topological polar surface area (TPSA) is 93.1 Å². The van der Waals surface area contributed by atoms with E-state index < -0.39 is 5.97 Å². The monoisotopic (exact) mass is 327 g/mol. The molecule has 0 aliphatic heterocycles. The summed E-state index contributed by atoms with van der Waals surface area (Å²) in [5.74, 6) is -0.625. The number of nitrogens with zero attached hydrogens (tertiary/aromatic N) is 2. The minimum atomic E-state index is -0.811. The standard InChI is InChI=1S/C16H29N3O4/c1-3-19(10-15(21)22)13-7-12(8-13)17-16(23)18(2)9-11-5-4-6-14(11)20/h11-14,20H,3-10H2,1-2H3,(H,17,23)(H,21,22). The van der Waals surface area contributed by atoms with Crippen LogP contribution in [0.4, 0.5) is 4.79 Å². The summed E-state index contributed by atoms with van der Waals surface area (Å²) in [6, 6.07) is 0.253. The summed E-state index contributed by atoms with van der Waals surface area (Å²) in [6.45, 7) is 3.30. The number of hydrogen-bond acceptors (Lipinski definition) is 4. The molecule has 7 nitrogen and oxygen atoms in total. The van der Waals surface area contributed by atoms with Gasteiger partial charge >= 0.3 is 12.0 Å². The van der Waals surface area contributed by atoms with Gasteiger partial charge in [0.15, 0.2) is 0 Å². The SMILES string of the molecule is CCN(CC(=O)O)C1CC(NC(=O)N(C)CC2CCCC2O)C1. The third-order valence-electron chi connectivity index (χ3n) is 5.18. The van der Waals surface area contributed by atoms with E-state index in [1.54, 1.807) is 11.9 Å². The molecule has 0 spiro atoms. The van der Waals surface area contributed by atoms with Gasteiger partial charge in [-0.1, -0.05) is 13.3 Å². The molecule has 23 heavy (non-hydrogen) atoms. The van der Waals surface area contributed by atoms with Gasteiger partial charge in [0.05, 0.1) is 12.6 Å². The van der Waals surface area contributed by atoms with Crippen LogP contribution in [0.2, 0.25) is 0 Å². The number of carbonyl (C=O) groups excluding carboxylic acids is 1. The summed E-state index contributed by atoms with van der Waals surface area (Å²) in [7, 11) is 1.76. The molecule has 2 atom stereocenters. The van der Waals surface area contributed by atoms with E-state index >= 15 is 0 Å².